The van der Waals surface area contributed by atoms with Crippen LogP contribution < -0.4 is 5.32 Å². The molecule has 1 fully saturated rings. The van der Waals surface area contributed by atoms with Crippen LogP contribution in [0, 0.1) is 0 Å². The van der Waals surface area contributed by atoms with E-state index < -0.39 is 39.8 Å². The van der Waals surface area contributed by atoms with Crippen molar-refractivity contribution in [1.82, 2.24) is 9.21 Å². The second kappa shape index (κ2) is 8.69. The second-order valence-corrected chi connectivity index (χ2v) is 9.37. The van der Waals surface area contributed by atoms with E-state index in [0.29, 0.717) is 19.2 Å². The maximum Gasteiger partial charge on any atom is 0.426 e. The number of nitrogens with one attached hydrogen (secondary N) is 1. The lowest BCUT2D eigenvalue weighted by Crippen LogP contribution is -2.65. The Morgan fingerprint density at radius 1 is 1.17 bits per heavy atom. The number of carbonyl (C=O) groups excluding carboxylic acids is 1. The van der Waals surface area contributed by atoms with Gasteiger partial charge in [-0.05, 0) is 45.0 Å². The molecule has 1 aliphatic rings. The molecule has 1 aromatic carbocycles. The molecule has 1 aliphatic heterocycles. The number of aliphatic hydroxyl groups is 2. The van der Waals surface area contributed by atoms with Crippen LogP contribution in [0.4, 0.5) is 18.9 Å². The molecule has 8 nitrogen and oxygen atoms in total. The molecule has 1 saturated heterocycles. The molecule has 2 rings (SSSR count). The summed E-state index contributed by atoms with van der Waals surface area (Å²) in [5.74, 6) is -1.51. The molecule has 0 saturated carbocycles. The Hall–Kier alpha value is -1.89. The summed E-state index contributed by atoms with van der Waals surface area (Å²) in [6.45, 7) is 3.03. The number of nitrogens with zero attached hydrogens (tertiary/aromatic N) is 2. The van der Waals surface area contributed by atoms with Crippen molar-refractivity contribution >= 4 is 21.6 Å². The summed E-state index contributed by atoms with van der Waals surface area (Å²) in [5.41, 5.74) is -2.94. The van der Waals surface area contributed by atoms with Crippen molar-refractivity contribution in [2.45, 2.75) is 49.5 Å². The molecule has 12 heteroatoms. The van der Waals surface area contributed by atoms with E-state index >= 15 is 0 Å². The van der Waals surface area contributed by atoms with Crippen LogP contribution in [-0.2, 0) is 14.8 Å². The van der Waals surface area contributed by atoms with E-state index in [1.807, 2.05) is 0 Å². The predicted octanol–water partition coefficient (Wildman–Crippen LogP) is 1.01. The van der Waals surface area contributed by atoms with E-state index in [1.165, 1.54) is 38.1 Å². The van der Waals surface area contributed by atoms with Gasteiger partial charge in [-0.15, -0.1) is 0 Å². The molecule has 0 spiro atoms. The average molecular weight is 453 g/mol. The zero-order chi connectivity index (χ0) is 22.9. The number of anilines is 1. The molecule has 30 heavy (non-hydrogen) atoms. The summed E-state index contributed by atoms with van der Waals surface area (Å²) in [5, 5.41) is 21.4. The number of benzene rings is 1. The van der Waals surface area contributed by atoms with Crippen LogP contribution in [0.3, 0.4) is 0 Å². The Labute approximate surface area is 173 Å². The normalized spacial score (nSPS) is 23.1. The summed E-state index contributed by atoms with van der Waals surface area (Å²) >= 11 is 0. The lowest BCUT2D eigenvalue weighted by Gasteiger charge is -2.45. The Bertz CT molecular complexity index is 859. The average Bonchev–Trinajstić information content (AvgIpc) is 2.66. The van der Waals surface area contributed by atoms with Gasteiger partial charge in [0.25, 0.3) is 5.91 Å². The number of amides is 1. The third-order valence-corrected chi connectivity index (χ3v) is 7.05. The van der Waals surface area contributed by atoms with E-state index in [9.17, 15) is 31.5 Å². The van der Waals surface area contributed by atoms with Gasteiger partial charge < -0.3 is 20.4 Å². The number of sulfonamides is 1. The molecule has 1 unspecified atom stereocenters. The Morgan fingerprint density at radius 3 is 2.23 bits per heavy atom. The number of halogens is 3. The van der Waals surface area contributed by atoms with Crippen LogP contribution in [0.5, 0.6) is 0 Å². The predicted molar refractivity (Wildman–Crippen MR) is 103 cm³/mol. The monoisotopic (exact) mass is 453 g/mol. The number of hydrogen-bond donors (Lipinski definition) is 3. The van der Waals surface area contributed by atoms with Gasteiger partial charge in [-0.3, -0.25) is 4.79 Å². The molecule has 3 N–H and O–H groups in total. The smallest absolute Gasteiger partial charge is 0.395 e. The van der Waals surface area contributed by atoms with Gasteiger partial charge in [0, 0.05) is 37.4 Å². The molecule has 1 heterocycles. The van der Waals surface area contributed by atoms with Crippen molar-refractivity contribution in [3.8, 4) is 0 Å². The maximum atomic E-state index is 13.0. The third kappa shape index (κ3) is 4.71. The van der Waals surface area contributed by atoms with Crippen LogP contribution in [0.2, 0.25) is 0 Å². The third-order valence-electron chi connectivity index (χ3n) is 5.06. The lowest BCUT2D eigenvalue weighted by atomic mass is 10.0. The van der Waals surface area contributed by atoms with E-state index in [-0.39, 0.29) is 24.6 Å². The highest BCUT2D eigenvalue weighted by atomic mass is 32.2. The maximum absolute atomic E-state index is 13.0. The van der Waals surface area contributed by atoms with Gasteiger partial charge in [0.1, 0.15) is 0 Å². The molecule has 170 valence electrons. The van der Waals surface area contributed by atoms with Crippen molar-refractivity contribution in [3.05, 3.63) is 24.3 Å². The van der Waals surface area contributed by atoms with Crippen LogP contribution in [0.25, 0.3) is 0 Å². The molecule has 1 amide bonds. The summed E-state index contributed by atoms with van der Waals surface area (Å²) in [7, 11) is -3.96. The Kier molecular flexibility index (Phi) is 7.06. The number of piperazine rings is 1. The first-order chi connectivity index (χ1) is 13.7. The van der Waals surface area contributed by atoms with Gasteiger partial charge in [0.15, 0.2) is 0 Å². The van der Waals surface area contributed by atoms with E-state index in [4.69, 9.17) is 5.11 Å². The summed E-state index contributed by atoms with van der Waals surface area (Å²) in [4.78, 5) is 13.2. The second-order valence-electron chi connectivity index (χ2n) is 7.48. The molecule has 1 aromatic rings. The van der Waals surface area contributed by atoms with E-state index in [2.05, 4.69) is 5.32 Å². The van der Waals surface area contributed by atoms with Crippen LogP contribution >= 0.6 is 0 Å². The van der Waals surface area contributed by atoms with Crippen molar-refractivity contribution in [2.75, 3.05) is 31.6 Å². The quantitative estimate of drug-likeness (QED) is 0.593. The highest BCUT2D eigenvalue weighted by Crippen LogP contribution is 2.34. The van der Waals surface area contributed by atoms with Gasteiger partial charge in [-0.25, -0.2) is 8.42 Å². The van der Waals surface area contributed by atoms with E-state index in [1.54, 1.807) is 0 Å². The summed E-state index contributed by atoms with van der Waals surface area (Å²) < 4.78 is 66.3. The van der Waals surface area contributed by atoms with Gasteiger partial charge in [-0.1, -0.05) is 0 Å². The number of aliphatic hydroxyl groups excluding tert-OH is 1. The van der Waals surface area contributed by atoms with Gasteiger partial charge >= 0.3 is 6.18 Å². The van der Waals surface area contributed by atoms with Crippen LogP contribution in [0.1, 0.15) is 20.8 Å². The summed E-state index contributed by atoms with van der Waals surface area (Å²) in [6.07, 6.45) is -5.15. The van der Waals surface area contributed by atoms with Crippen molar-refractivity contribution < 1.29 is 36.6 Å². The van der Waals surface area contributed by atoms with Gasteiger partial charge in [-0.2, -0.15) is 17.5 Å². The highest BCUT2D eigenvalue weighted by Gasteiger charge is 2.58. The van der Waals surface area contributed by atoms with Crippen molar-refractivity contribution in [1.29, 1.82) is 0 Å². The van der Waals surface area contributed by atoms with Crippen molar-refractivity contribution in [3.63, 3.8) is 0 Å². The van der Waals surface area contributed by atoms with E-state index in [0.717, 1.165) is 9.21 Å². The topological polar surface area (TPSA) is 110 Å². The lowest BCUT2D eigenvalue weighted by molar-refractivity contribution is -0.251. The number of carbonyl (C=O) groups is 1. The SMILES string of the molecule is C[C@@H]1CN(S(=O)(=O)c2ccc(NCCO)cc2)[C@H](C)CN1C(=O)C(C)(O)C(F)(F)F. The minimum Gasteiger partial charge on any atom is -0.395 e. The highest BCUT2D eigenvalue weighted by molar-refractivity contribution is 7.89. The molecule has 3 atom stereocenters. The zero-order valence-corrected chi connectivity index (χ0v) is 17.7. The van der Waals surface area contributed by atoms with Gasteiger partial charge in [0.2, 0.25) is 15.6 Å². The minimum atomic E-state index is -5.15. The largest absolute Gasteiger partial charge is 0.426 e. The Morgan fingerprint density at radius 2 is 1.73 bits per heavy atom. The first-order valence-electron chi connectivity index (χ1n) is 9.30. The van der Waals surface area contributed by atoms with Crippen molar-refractivity contribution in [2.24, 2.45) is 0 Å². The first-order valence-corrected chi connectivity index (χ1v) is 10.7. The van der Waals surface area contributed by atoms with Crippen LogP contribution in [-0.4, -0.2) is 83.8 Å². The molecule has 0 radical (unpaired) electrons. The standard InChI is InChI=1S/C18H26F3N3O5S/c1-12-11-24(13(2)10-23(12)16(26)17(3,27)18(19,20)21)30(28,29)15-6-4-14(5-7-15)22-8-9-25/h4-7,12-13,22,25,27H,8-11H2,1-3H3/t12-,13-,17?/m1/s1. The number of rotatable bonds is 6. The van der Waals surface area contributed by atoms with Gasteiger partial charge in [0.05, 0.1) is 11.5 Å². The summed E-state index contributed by atoms with van der Waals surface area (Å²) in [6, 6.07) is 4.18. The minimum absolute atomic E-state index is 0.00170. The fraction of sp³-hybridized carbons (Fsp3) is 0.611. The zero-order valence-electron chi connectivity index (χ0n) is 16.8. The number of alkyl halides is 3. The Balaban J connectivity index is 2.21. The molecule has 0 aromatic heterocycles. The molecular weight excluding hydrogens is 427 g/mol. The number of hydrogen-bond acceptors (Lipinski definition) is 6. The van der Waals surface area contributed by atoms with Crippen LogP contribution in [0.15, 0.2) is 29.2 Å². The molecular formula is C18H26F3N3O5S. The molecule has 0 bridgehead atoms. The first kappa shape index (κ1) is 24.4. The molecule has 0 aliphatic carbocycles. The fourth-order valence-corrected chi connectivity index (χ4v) is 4.90. The fourth-order valence-electron chi connectivity index (χ4n) is 3.19.